The minimum atomic E-state index is -3.37. The summed E-state index contributed by atoms with van der Waals surface area (Å²) in [5.74, 6) is 0.107. The molecule has 108 valence electrons. The molecule has 0 bridgehead atoms. The number of rotatable bonds is 6. The van der Waals surface area contributed by atoms with Crippen LogP contribution in [-0.4, -0.2) is 19.5 Å². The van der Waals surface area contributed by atoms with Gasteiger partial charge in [-0.2, -0.15) is 0 Å². The standard InChI is InChI=1S/C13H17BrCl2O2S/c1-3-13(4-2,8-14)9-19(17,18)10-5-6-11(15)12(16)7-10/h5-7H,3-4,8-9H2,1-2H3. The molecule has 19 heavy (non-hydrogen) atoms. The molecule has 0 aliphatic carbocycles. The highest BCUT2D eigenvalue weighted by Crippen LogP contribution is 2.34. The number of alkyl halides is 1. The molecule has 2 nitrogen and oxygen atoms in total. The molecular weight excluding hydrogens is 371 g/mol. The van der Waals surface area contributed by atoms with Crippen molar-refractivity contribution in [3.63, 3.8) is 0 Å². The van der Waals surface area contributed by atoms with E-state index in [0.29, 0.717) is 10.4 Å². The molecule has 0 heterocycles. The molecule has 0 spiro atoms. The molecular formula is C13H17BrCl2O2S. The van der Waals surface area contributed by atoms with Gasteiger partial charge in [0.1, 0.15) is 0 Å². The van der Waals surface area contributed by atoms with Gasteiger partial charge in [0, 0.05) is 5.33 Å². The first-order valence-electron chi connectivity index (χ1n) is 6.04. The fourth-order valence-electron chi connectivity index (χ4n) is 1.84. The van der Waals surface area contributed by atoms with Crippen LogP contribution in [0.1, 0.15) is 26.7 Å². The van der Waals surface area contributed by atoms with E-state index >= 15 is 0 Å². The lowest BCUT2D eigenvalue weighted by Crippen LogP contribution is -2.30. The zero-order valence-corrected chi connectivity index (χ0v) is 14.8. The number of benzene rings is 1. The quantitative estimate of drug-likeness (QED) is 0.645. The summed E-state index contributed by atoms with van der Waals surface area (Å²) < 4.78 is 24.9. The van der Waals surface area contributed by atoms with Crippen molar-refractivity contribution < 1.29 is 8.42 Å². The predicted molar refractivity (Wildman–Crippen MR) is 85.3 cm³/mol. The monoisotopic (exact) mass is 386 g/mol. The van der Waals surface area contributed by atoms with Crippen LogP contribution in [0.25, 0.3) is 0 Å². The summed E-state index contributed by atoms with van der Waals surface area (Å²) in [7, 11) is -3.37. The molecule has 0 aromatic heterocycles. The second-order valence-electron chi connectivity index (χ2n) is 4.68. The van der Waals surface area contributed by atoms with E-state index < -0.39 is 9.84 Å². The summed E-state index contributed by atoms with van der Waals surface area (Å²) in [4.78, 5) is 0.231. The van der Waals surface area contributed by atoms with Gasteiger partial charge < -0.3 is 0 Å². The van der Waals surface area contributed by atoms with Crippen LogP contribution in [0.4, 0.5) is 0 Å². The van der Waals surface area contributed by atoms with Gasteiger partial charge in [-0.05, 0) is 36.5 Å². The van der Waals surface area contributed by atoms with Crippen molar-refractivity contribution in [1.82, 2.24) is 0 Å². The van der Waals surface area contributed by atoms with E-state index in [1.807, 2.05) is 13.8 Å². The first-order chi connectivity index (χ1) is 8.80. The maximum absolute atomic E-state index is 12.5. The number of hydrogen-bond acceptors (Lipinski definition) is 2. The highest BCUT2D eigenvalue weighted by Gasteiger charge is 2.32. The first kappa shape index (κ1) is 17.3. The second-order valence-corrected chi connectivity index (χ2v) is 8.04. The average Bonchev–Trinajstić information content (AvgIpc) is 2.39. The van der Waals surface area contributed by atoms with Crippen molar-refractivity contribution >= 4 is 49.0 Å². The van der Waals surface area contributed by atoms with Crippen molar-refractivity contribution in [2.24, 2.45) is 5.41 Å². The summed E-state index contributed by atoms with van der Waals surface area (Å²) in [6.45, 7) is 4.02. The molecule has 0 saturated carbocycles. The van der Waals surface area contributed by atoms with Gasteiger partial charge in [0.15, 0.2) is 9.84 Å². The van der Waals surface area contributed by atoms with Gasteiger partial charge in [-0.3, -0.25) is 0 Å². The van der Waals surface area contributed by atoms with E-state index in [9.17, 15) is 8.42 Å². The van der Waals surface area contributed by atoms with Crippen molar-refractivity contribution in [2.75, 3.05) is 11.1 Å². The maximum atomic E-state index is 12.5. The Morgan fingerprint density at radius 3 is 2.16 bits per heavy atom. The van der Waals surface area contributed by atoms with Crippen LogP contribution in [-0.2, 0) is 9.84 Å². The van der Waals surface area contributed by atoms with Crippen molar-refractivity contribution in [1.29, 1.82) is 0 Å². The van der Waals surface area contributed by atoms with Crippen LogP contribution in [0.15, 0.2) is 23.1 Å². The minimum Gasteiger partial charge on any atom is -0.224 e. The summed E-state index contributed by atoms with van der Waals surface area (Å²) in [5.41, 5.74) is -0.245. The van der Waals surface area contributed by atoms with Crippen LogP contribution >= 0.6 is 39.1 Å². The third-order valence-corrected chi connectivity index (χ3v) is 7.42. The van der Waals surface area contributed by atoms with Gasteiger partial charge in [0.05, 0.1) is 20.7 Å². The maximum Gasteiger partial charge on any atom is 0.179 e. The fraction of sp³-hybridized carbons (Fsp3) is 0.538. The zero-order chi connectivity index (χ0) is 14.7. The Balaban J connectivity index is 3.14. The van der Waals surface area contributed by atoms with E-state index in [1.54, 1.807) is 0 Å². The van der Waals surface area contributed by atoms with Crippen molar-refractivity contribution in [2.45, 2.75) is 31.6 Å². The molecule has 0 amide bonds. The third kappa shape index (κ3) is 4.10. The Labute approximate surface area is 133 Å². The van der Waals surface area contributed by atoms with Gasteiger partial charge >= 0.3 is 0 Å². The molecule has 0 unspecified atom stereocenters. The Bertz CT molecular complexity index is 531. The van der Waals surface area contributed by atoms with Crippen LogP contribution in [0.2, 0.25) is 10.0 Å². The normalized spacial score (nSPS) is 12.7. The Kier molecular flexibility index (Phi) is 6.18. The third-order valence-electron chi connectivity index (χ3n) is 3.53. The van der Waals surface area contributed by atoms with Crippen LogP contribution in [0.3, 0.4) is 0 Å². The van der Waals surface area contributed by atoms with Crippen LogP contribution in [0, 0.1) is 5.41 Å². The largest absolute Gasteiger partial charge is 0.224 e. The first-order valence-corrected chi connectivity index (χ1v) is 9.57. The lowest BCUT2D eigenvalue weighted by Gasteiger charge is -2.29. The minimum absolute atomic E-state index is 0.107. The molecule has 0 aliphatic rings. The summed E-state index contributed by atoms with van der Waals surface area (Å²) >= 11 is 15.1. The molecule has 1 aromatic carbocycles. The van der Waals surface area contributed by atoms with Crippen LogP contribution in [0.5, 0.6) is 0 Å². The smallest absolute Gasteiger partial charge is 0.179 e. The Morgan fingerprint density at radius 1 is 1.16 bits per heavy atom. The molecule has 0 saturated heterocycles. The highest BCUT2D eigenvalue weighted by atomic mass is 79.9. The topological polar surface area (TPSA) is 34.1 Å². The van der Waals surface area contributed by atoms with Gasteiger partial charge in [-0.25, -0.2) is 8.42 Å². The zero-order valence-electron chi connectivity index (χ0n) is 10.9. The van der Waals surface area contributed by atoms with Crippen LogP contribution < -0.4 is 0 Å². The number of hydrogen-bond donors (Lipinski definition) is 0. The van der Waals surface area contributed by atoms with Gasteiger partial charge in [-0.15, -0.1) is 0 Å². The van der Waals surface area contributed by atoms with Crippen molar-refractivity contribution in [3.05, 3.63) is 28.2 Å². The molecule has 0 fully saturated rings. The molecule has 0 radical (unpaired) electrons. The van der Waals surface area contributed by atoms with E-state index in [1.165, 1.54) is 18.2 Å². The van der Waals surface area contributed by atoms with Gasteiger partial charge in [0.25, 0.3) is 0 Å². The van der Waals surface area contributed by atoms with Gasteiger partial charge in [0.2, 0.25) is 0 Å². The van der Waals surface area contributed by atoms with E-state index in [-0.39, 0.29) is 21.1 Å². The van der Waals surface area contributed by atoms with E-state index in [0.717, 1.165) is 12.8 Å². The number of halogens is 3. The molecule has 0 N–H and O–H groups in total. The van der Waals surface area contributed by atoms with Crippen molar-refractivity contribution in [3.8, 4) is 0 Å². The SMILES string of the molecule is CCC(CC)(CBr)CS(=O)(=O)c1ccc(Cl)c(Cl)c1. The lowest BCUT2D eigenvalue weighted by molar-refractivity contribution is 0.351. The summed E-state index contributed by atoms with van der Waals surface area (Å²) in [6, 6.07) is 4.45. The fourth-order valence-corrected chi connectivity index (χ4v) is 5.51. The summed E-state index contributed by atoms with van der Waals surface area (Å²) in [5, 5.41) is 1.28. The number of sulfone groups is 1. The molecule has 0 aliphatic heterocycles. The van der Waals surface area contributed by atoms with E-state index in [2.05, 4.69) is 15.9 Å². The molecule has 1 aromatic rings. The Hall–Kier alpha value is 0.230. The molecule has 1 rings (SSSR count). The second kappa shape index (κ2) is 6.79. The average molecular weight is 388 g/mol. The molecule has 0 atom stereocenters. The molecule has 6 heteroatoms. The van der Waals surface area contributed by atoms with Gasteiger partial charge in [-0.1, -0.05) is 53.0 Å². The van der Waals surface area contributed by atoms with E-state index in [4.69, 9.17) is 23.2 Å². The Morgan fingerprint density at radius 2 is 1.74 bits per heavy atom. The predicted octanol–water partition coefficient (Wildman–Crippen LogP) is 4.97. The summed E-state index contributed by atoms with van der Waals surface area (Å²) in [6.07, 6.45) is 1.60. The lowest BCUT2D eigenvalue weighted by atomic mass is 9.87. The highest BCUT2D eigenvalue weighted by molar-refractivity contribution is 9.09.